The third kappa shape index (κ3) is 6.59. The van der Waals surface area contributed by atoms with E-state index in [4.69, 9.17) is 4.74 Å². The lowest BCUT2D eigenvalue weighted by Crippen LogP contribution is -2.26. The maximum atomic E-state index is 12.9. The molecule has 12 heteroatoms. The zero-order valence-corrected chi connectivity index (χ0v) is 20.5. The van der Waals surface area contributed by atoms with Gasteiger partial charge in [0.05, 0.1) is 16.5 Å². The number of nitrogens with one attached hydrogen (secondary N) is 3. The van der Waals surface area contributed by atoms with Crippen LogP contribution in [0.1, 0.15) is 22.9 Å². The normalized spacial score (nSPS) is 13.0. The van der Waals surface area contributed by atoms with Crippen LogP contribution in [-0.4, -0.2) is 43.4 Å². The highest BCUT2D eigenvalue weighted by Crippen LogP contribution is 2.34. The van der Waals surface area contributed by atoms with Gasteiger partial charge in [-0.1, -0.05) is 24.3 Å². The summed E-state index contributed by atoms with van der Waals surface area (Å²) in [6, 6.07) is 17.2. The summed E-state index contributed by atoms with van der Waals surface area (Å²) in [5.74, 6) is 0.376. The minimum atomic E-state index is -4.55. The van der Waals surface area contributed by atoms with E-state index in [0.717, 1.165) is 5.56 Å². The van der Waals surface area contributed by atoms with E-state index in [1.165, 1.54) is 24.3 Å². The fourth-order valence-corrected chi connectivity index (χ4v) is 4.86. The molecule has 0 amide bonds. The van der Waals surface area contributed by atoms with Crippen molar-refractivity contribution >= 4 is 26.6 Å². The molecule has 0 bridgehead atoms. The largest absolute Gasteiger partial charge is 0.492 e. The molecule has 1 heterocycles. The third-order valence-corrected chi connectivity index (χ3v) is 6.89. The molecule has 1 atom stereocenters. The number of aliphatic hydroxyl groups excluding tert-OH is 1. The van der Waals surface area contributed by atoms with Gasteiger partial charge in [0.15, 0.2) is 5.69 Å². The first-order valence-electron chi connectivity index (χ1n) is 11.3. The quantitative estimate of drug-likeness (QED) is 0.224. The van der Waals surface area contributed by atoms with Crippen LogP contribution in [0.2, 0.25) is 0 Å². The summed E-state index contributed by atoms with van der Waals surface area (Å²) in [7, 11) is -3.77. The van der Waals surface area contributed by atoms with E-state index in [1.54, 1.807) is 49.4 Å². The van der Waals surface area contributed by atoms with Gasteiger partial charge in [0.2, 0.25) is 0 Å². The van der Waals surface area contributed by atoms with Gasteiger partial charge in [-0.25, -0.2) is 8.42 Å². The van der Waals surface area contributed by atoms with Crippen LogP contribution >= 0.6 is 0 Å². The SMILES string of the molecule is Cc1cccc(S(=O)(=O)Nc2cccc([C@@H](O)CNCCOc3ccc4c(C(F)(F)F)n[nH]c4c3)c2)c1. The monoisotopic (exact) mass is 534 g/mol. The molecule has 196 valence electrons. The Kier molecular flexibility index (Phi) is 7.71. The molecule has 0 aliphatic carbocycles. The molecular weight excluding hydrogens is 509 g/mol. The van der Waals surface area contributed by atoms with Crippen LogP contribution in [0.3, 0.4) is 0 Å². The van der Waals surface area contributed by atoms with Gasteiger partial charge in [-0.3, -0.25) is 9.82 Å². The van der Waals surface area contributed by atoms with E-state index < -0.39 is 28.0 Å². The van der Waals surface area contributed by atoms with E-state index in [0.29, 0.717) is 23.5 Å². The molecule has 4 rings (SSSR count). The number of rotatable bonds is 10. The summed E-state index contributed by atoms with van der Waals surface area (Å²) < 4.78 is 72.2. The first-order chi connectivity index (χ1) is 17.5. The van der Waals surface area contributed by atoms with Gasteiger partial charge < -0.3 is 15.2 Å². The number of hydrogen-bond acceptors (Lipinski definition) is 6. The van der Waals surface area contributed by atoms with Crippen LogP contribution in [0, 0.1) is 6.92 Å². The molecule has 0 radical (unpaired) electrons. The molecule has 0 saturated carbocycles. The van der Waals surface area contributed by atoms with Crippen molar-refractivity contribution in [3.05, 3.63) is 83.6 Å². The molecule has 0 fully saturated rings. The summed E-state index contributed by atoms with van der Waals surface area (Å²) in [5.41, 5.74) is 0.898. The van der Waals surface area contributed by atoms with E-state index in [9.17, 15) is 26.7 Å². The van der Waals surface area contributed by atoms with Gasteiger partial charge in [0.25, 0.3) is 10.0 Å². The lowest BCUT2D eigenvalue weighted by Gasteiger charge is -2.15. The number of hydrogen-bond donors (Lipinski definition) is 4. The smallest absolute Gasteiger partial charge is 0.435 e. The fraction of sp³-hybridized carbons (Fsp3) is 0.240. The predicted octanol–water partition coefficient (Wildman–Crippen LogP) is 4.39. The van der Waals surface area contributed by atoms with Crippen LogP contribution in [0.25, 0.3) is 10.9 Å². The molecule has 1 aromatic heterocycles. The zero-order valence-electron chi connectivity index (χ0n) is 19.7. The second-order valence-corrected chi connectivity index (χ2v) is 10.1. The second-order valence-electron chi connectivity index (χ2n) is 8.39. The van der Waals surface area contributed by atoms with Gasteiger partial charge in [-0.2, -0.15) is 18.3 Å². The molecule has 0 aliphatic heterocycles. The molecule has 4 N–H and O–H groups in total. The minimum Gasteiger partial charge on any atom is -0.492 e. The van der Waals surface area contributed by atoms with Crippen LogP contribution in [-0.2, 0) is 16.2 Å². The third-order valence-electron chi connectivity index (χ3n) is 5.51. The van der Waals surface area contributed by atoms with Gasteiger partial charge in [0, 0.05) is 30.2 Å². The number of alkyl halides is 3. The molecule has 8 nitrogen and oxygen atoms in total. The van der Waals surface area contributed by atoms with E-state index in [1.807, 2.05) is 0 Å². The van der Waals surface area contributed by atoms with Crippen molar-refractivity contribution in [2.75, 3.05) is 24.4 Å². The first-order valence-corrected chi connectivity index (χ1v) is 12.8. The summed E-state index contributed by atoms with van der Waals surface area (Å²) in [5, 5.41) is 19.2. The maximum Gasteiger partial charge on any atom is 0.435 e. The predicted molar refractivity (Wildman–Crippen MR) is 133 cm³/mol. The topological polar surface area (TPSA) is 116 Å². The molecule has 0 aliphatic rings. The van der Waals surface area contributed by atoms with Crippen molar-refractivity contribution in [1.82, 2.24) is 15.5 Å². The highest BCUT2D eigenvalue weighted by Gasteiger charge is 2.35. The number of halogens is 3. The van der Waals surface area contributed by atoms with Gasteiger partial charge in [-0.15, -0.1) is 0 Å². The highest BCUT2D eigenvalue weighted by atomic mass is 32.2. The summed E-state index contributed by atoms with van der Waals surface area (Å²) in [6.07, 6.45) is -5.46. The Labute approximate surface area is 211 Å². The van der Waals surface area contributed by atoms with Crippen molar-refractivity contribution in [3.8, 4) is 5.75 Å². The average Bonchev–Trinajstić information content (AvgIpc) is 3.28. The summed E-state index contributed by atoms with van der Waals surface area (Å²) >= 11 is 0. The Morgan fingerprint density at radius 1 is 1.08 bits per heavy atom. The van der Waals surface area contributed by atoms with Crippen LogP contribution in [0.15, 0.2) is 71.6 Å². The number of aromatic amines is 1. The molecule has 3 aromatic carbocycles. The number of sulfonamides is 1. The summed E-state index contributed by atoms with van der Waals surface area (Å²) in [4.78, 5) is 0.146. The second kappa shape index (κ2) is 10.8. The molecule has 0 spiro atoms. The number of benzene rings is 3. The van der Waals surface area contributed by atoms with Crippen molar-refractivity contribution in [1.29, 1.82) is 0 Å². The Morgan fingerprint density at radius 2 is 1.86 bits per heavy atom. The van der Waals surface area contributed by atoms with Crippen LogP contribution < -0.4 is 14.8 Å². The average molecular weight is 535 g/mol. The number of fused-ring (bicyclic) bond motifs is 1. The number of anilines is 1. The van der Waals surface area contributed by atoms with Crippen molar-refractivity contribution in [2.24, 2.45) is 0 Å². The first kappa shape index (κ1) is 26.5. The standard InChI is InChI=1S/C25H25F3N4O4S/c1-16-4-2-7-20(12-16)37(34,35)32-18-6-3-5-17(13-18)23(33)15-29-10-11-36-19-8-9-21-22(14-19)30-31-24(21)25(26,27)28/h2-9,12-14,23,29,32-33H,10-11,15H2,1H3,(H,30,31)/t23-/m0/s1. The van der Waals surface area contributed by atoms with Crippen molar-refractivity contribution in [3.63, 3.8) is 0 Å². The molecular formula is C25H25F3N4O4S. The Morgan fingerprint density at radius 3 is 2.62 bits per heavy atom. The van der Waals surface area contributed by atoms with Gasteiger partial charge in [0.1, 0.15) is 12.4 Å². The highest BCUT2D eigenvalue weighted by molar-refractivity contribution is 7.92. The van der Waals surface area contributed by atoms with Crippen LogP contribution in [0.4, 0.5) is 18.9 Å². The number of ether oxygens (including phenoxy) is 1. The molecule has 37 heavy (non-hydrogen) atoms. The minimum absolute atomic E-state index is 0.0375. The Bertz CT molecular complexity index is 1490. The Balaban J connectivity index is 1.27. The van der Waals surface area contributed by atoms with E-state index >= 15 is 0 Å². The molecule has 4 aromatic rings. The van der Waals surface area contributed by atoms with E-state index in [2.05, 4.69) is 20.2 Å². The van der Waals surface area contributed by atoms with E-state index in [-0.39, 0.29) is 29.0 Å². The number of aliphatic hydroxyl groups is 1. The van der Waals surface area contributed by atoms with Gasteiger partial charge in [-0.05, 0) is 54.4 Å². The molecule has 0 unspecified atom stereocenters. The maximum absolute atomic E-state index is 12.9. The number of H-pyrrole nitrogens is 1. The summed E-state index contributed by atoms with van der Waals surface area (Å²) in [6.45, 7) is 2.53. The van der Waals surface area contributed by atoms with Crippen LogP contribution in [0.5, 0.6) is 5.75 Å². The fourth-order valence-electron chi connectivity index (χ4n) is 3.71. The zero-order chi connectivity index (χ0) is 26.6. The number of aromatic nitrogens is 2. The lowest BCUT2D eigenvalue weighted by molar-refractivity contribution is -0.139. The van der Waals surface area contributed by atoms with Crippen molar-refractivity contribution in [2.45, 2.75) is 24.1 Å². The van der Waals surface area contributed by atoms with Gasteiger partial charge >= 0.3 is 6.18 Å². The number of nitrogens with zero attached hydrogens (tertiary/aromatic N) is 1. The molecule has 0 saturated heterocycles. The number of aryl methyl sites for hydroxylation is 1. The Hall–Kier alpha value is -3.61. The van der Waals surface area contributed by atoms with Crippen molar-refractivity contribution < 1.29 is 31.4 Å². The lowest BCUT2D eigenvalue weighted by atomic mass is 10.1.